The average Bonchev–Trinajstić information content (AvgIpc) is 3.04. The molecule has 202 valence electrons. The van der Waals surface area contributed by atoms with Gasteiger partial charge < -0.3 is 14.5 Å². The van der Waals surface area contributed by atoms with Crippen LogP contribution in [0.15, 0.2) is 146 Å². The normalized spacial score (nSPS) is 13.8. The third-order valence-electron chi connectivity index (χ3n) is 8.60. The molecular formula is C39H30N2O. The Bertz CT molecular complexity index is 1930. The quantitative estimate of drug-likeness (QED) is 0.220. The summed E-state index contributed by atoms with van der Waals surface area (Å²) < 4.78 is 6.58. The van der Waals surface area contributed by atoms with Crippen LogP contribution in [0.3, 0.4) is 0 Å². The first-order valence-corrected chi connectivity index (χ1v) is 14.5. The van der Waals surface area contributed by atoms with Gasteiger partial charge in [0.2, 0.25) is 0 Å². The SMILES string of the molecule is CC1(C)c2ccccc2N2c3ccccc3Oc3ccc(N(c4ccccc4)c4ccc(-c5ccccc5)cc4)c1c32. The first-order valence-electron chi connectivity index (χ1n) is 14.5. The zero-order valence-corrected chi connectivity index (χ0v) is 23.7. The predicted molar refractivity (Wildman–Crippen MR) is 173 cm³/mol. The molecule has 8 rings (SSSR count). The van der Waals surface area contributed by atoms with Crippen molar-refractivity contribution in [2.45, 2.75) is 19.3 Å². The van der Waals surface area contributed by atoms with Gasteiger partial charge in [0.25, 0.3) is 0 Å². The zero-order chi connectivity index (χ0) is 28.3. The first-order chi connectivity index (χ1) is 20.6. The Morgan fingerprint density at radius 3 is 1.88 bits per heavy atom. The fourth-order valence-electron chi connectivity index (χ4n) is 6.66. The molecule has 6 aromatic carbocycles. The predicted octanol–water partition coefficient (Wildman–Crippen LogP) is 11.0. The molecule has 0 aliphatic carbocycles. The summed E-state index contributed by atoms with van der Waals surface area (Å²) in [6.07, 6.45) is 0. The van der Waals surface area contributed by atoms with Crippen LogP contribution < -0.4 is 14.5 Å². The highest BCUT2D eigenvalue weighted by Gasteiger charge is 2.44. The van der Waals surface area contributed by atoms with Crippen LogP contribution in [0.1, 0.15) is 25.0 Å². The van der Waals surface area contributed by atoms with E-state index in [4.69, 9.17) is 4.74 Å². The van der Waals surface area contributed by atoms with Crippen molar-refractivity contribution in [1.29, 1.82) is 0 Å². The summed E-state index contributed by atoms with van der Waals surface area (Å²) in [5, 5.41) is 0. The lowest BCUT2D eigenvalue weighted by molar-refractivity contribution is 0.471. The van der Waals surface area contributed by atoms with Crippen molar-refractivity contribution in [3.63, 3.8) is 0 Å². The van der Waals surface area contributed by atoms with Gasteiger partial charge in [0.05, 0.1) is 22.7 Å². The molecule has 0 spiro atoms. The zero-order valence-electron chi connectivity index (χ0n) is 23.7. The monoisotopic (exact) mass is 542 g/mol. The summed E-state index contributed by atoms with van der Waals surface area (Å²) in [4.78, 5) is 4.79. The van der Waals surface area contributed by atoms with E-state index in [1.165, 1.54) is 27.9 Å². The van der Waals surface area contributed by atoms with E-state index in [1.807, 2.05) is 6.07 Å². The molecule has 0 fully saturated rings. The van der Waals surface area contributed by atoms with E-state index in [0.29, 0.717) is 0 Å². The number of fused-ring (bicyclic) bond motifs is 4. The smallest absolute Gasteiger partial charge is 0.152 e. The maximum atomic E-state index is 6.58. The Kier molecular flexibility index (Phi) is 5.48. The highest BCUT2D eigenvalue weighted by atomic mass is 16.5. The number of para-hydroxylation sites is 4. The van der Waals surface area contributed by atoms with Crippen LogP contribution in [0.5, 0.6) is 11.5 Å². The molecule has 0 N–H and O–H groups in total. The van der Waals surface area contributed by atoms with Crippen molar-refractivity contribution >= 4 is 34.1 Å². The van der Waals surface area contributed by atoms with Crippen molar-refractivity contribution in [2.24, 2.45) is 0 Å². The van der Waals surface area contributed by atoms with Gasteiger partial charge in [-0.3, -0.25) is 0 Å². The van der Waals surface area contributed by atoms with Gasteiger partial charge >= 0.3 is 0 Å². The summed E-state index contributed by atoms with van der Waals surface area (Å²) in [6.45, 7) is 4.68. The van der Waals surface area contributed by atoms with Crippen LogP contribution in [-0.4, -0.2) is 0 Å². The van der Waals surface area contributed by atoms with Crippen LogP contribution >= 0.6 is 0 Å². The van der Waals surface area contributed by atoms with Crippen LogP contribution in [0.25, 0.3) is 11.1 Å². The molecule has 2 aliphatic rings. The van der Waals surface area contributed by atoms with Crippen LogP contribution in [-0.2, 0) is 5.41 Å². The van der Waals surface area contributed by atoms with Crippen molar-refractivity contribution in [1.82, 2.24) is 0 Å². The summed E-state index contributed by atoms with van der Waals surface area (Å²) in [6, 6.07) is 51.6. The molecule has 0 aromatic heterocycles. The number of nitrogens with zero attached hydrogens (tertiary/aromatic N) is 2. The molecule has 2 heterocycles. The second kappa shape index (κ2) is 9.39. The van der Waals surface area contributed by atoms with E-state index in [2.05, 4.69) is 163 Å². The highest BCUT2D eigenvalue weighted by molar-refractivity contribution is 5.97. The summed E-state index contributed by atoms with van der Waals surface area (Å²) in [5.74, 6) is 1.75. The lowest BCUT2D eigenvalue weighted by Crippen LogP contribution is -2.34. The van der Waals surface area contributed by atoms with Gasteiger partial charge in [0.1, 0.15) is 0 Å². The highest BCUT2D eigenvalue weighted by Crippen LogP contribution is 2.62. The lowest BCUT2D eigenvalue weighted by atomic mass is 9.72. The summed E-state index contributed by atoms with van der Waals surface area (Å²) in [7, 11) is 0. The topological polar surface area (TPSA) is 15.7 Å². The van der Waals surface area contributed by atoms with E-state index < -0.39 is 0 Å². The Labute approximate surface area is 246 Å². The van der Waals surface area contributed by atoms with E-state index in [0.717, 1.165) is 39.9 Å². The van der Waals surface area contributed by atoms with Gasteiger partial charge in [-0.2, -0.15) is 0 Å². The van der Waals surface area contributed by atoms with Gasteiger partial charge in [-0.25, -0.2) is 0 Å². The largest absolute Gasteiger partial charge is 0.453 e. The van der Waals surface area contributed by atoms with E-state index in [9.17, 15) is 0 Å². The third kappa shape index (κ3) is 3.67. The fourth-order valence-corrected chi connectivity index (χ4v) is 6.66. The molecule has 0 atom stereocenters. The Morgan fingerprint density at radius 2 is 1.12 bits per heavy atom. The Hall–Kier alpha value is -5.28. The van der Waals surface area contributed by atoms with Gasteiger partial charge in [-0.05, 0) is 71.3 Å². The Morgan fingerprint density at radius 1 is 0.524 bits per heavy atom. The minimum absolute atomic E-state index is 0.291. The Balaban J connectivity index is 1.38. The molecule has 0 amide bonds. The lowest BCUT2D eigenvalue weighted by Gasteiger charge is -2.46. The van der Waals surface area contributed by atoms with E-state index in [-0.39, 0.29) is 5.41 Å². The molecule has 0 bridgehead atoms. The average molecular weight is 543 g/mol. The first kappa shape index (κ1) is 24.5. The number of hydrogen-bond acceptors (Lipinski definition) is 3. The number of rotatable bonds is 4. The van der Waals surface area contributed by atoms with Gasteiger partial charge in [-0.15, -0.1) is 0 Å². The van der Waals surface area contributed by atoms with Crippen LogP contribution in [0, 0.1) is 0 Å². The molecule has 2 aliphatic heterocycles. The number of ether oxygens (including phenoxy) is 1. The third-order valence-corrected chi connectivity index (χ3v) is 8.60. The van der Waals surface area contributed by atoms with Crippen molar-refractivity contribution < 1.29 is 4.74 Å². The summed E-state index contributed by atoms with van der Waals surface area (Å²) in [5.41, 5.74) is 11.4. The minimum Gasteiger partial charge on any atom is -0.453 e. The molecule has 0 radical (unpaired) electrons. The molecule has 0 saturated heterocycles. The number of anilines is 6. The molecule has 42 heavy (non-hydrogen) atoms. The fraction of sp³-hybridized carbons (Fsp3) is 0.0769. The second-order valence-electron chi connectivity index (χ2n) is 11.4. The molecular weight excluding hydrogens is 512 g/mol. The second-order valence-corrected chi connectivity index (χ2v) is 11.4. The van der Waals surface area contributed by atoms with Crippen molar-refractivity contribution in [2.75, 3.05) is 9.80 Å². The maximum Gasteiger partial charge on any atom is 0.152 e. The molecule has 0 unspecified atom stereocenters. The van der Waals surface area contributed by atoms with Crippen molar-refractivity contribution in [3.8, 4) is 22.6 Å². The molecule has 0 saturated carbocycles. The van der Waals surface area contributed by atoms with Crippen molar-refractivity contribution in [3.05, 3.63) is 157 Å². The van der Waals surface area contributed by atoms with Crippen LogP contribution in [0.4, 0.5) is 34.1 Å². The van der Waals surface area contributed by atoms with E-state index >= 15 is 0 Å². The van der Waals surface area contributed by atoms with Gasteiger partial charge in [0.15, 0.2) is 11.5 Å². The number of benzene rings is 6. The van der Waals surface area contributed by atoms with E-state index in [1.54, 1.807) is 0 Å². The van der Waals surface area contributed by atoms with Gasteiger partial charge in [-0.1, -0.05) is 105 Å². The van der Waals surface area contributed by atoms with Gasteiger partial charge in [0, 0.05) is 22.4 Å². The molecule has 3 heteroatoms. The minimum atomic E-state index is -0.291. The van der Waals surface area contributed by atoms with Crippen LogP contribution in [0.2, 0.25) is 0 Å². The number of hydrogen-bond donors (Lipinski definition) is 0. The standard InChI is InChI=1S/C39H30N2O/c1-39(2)31-17-9-10-18-32(31)41-33-19-11-12-20-35(33)42-36-26-25-34(37(39)38(36)41)40(29-15-7-4-8-16-29)30-23-21-28(22-24-30)27-13-5-3-6-14-27/h3-26H,1-2H3. The molecule has 3 nitrogen and oxygen atoms in total. The molecule has 6 aromatic rings. The maximum absolute atomic E-state index is 6.58. The summed E-state index contributed by atoms with van der Waals surface area (Å²) >= 11 is 0.